The minimum atomic E-state index is -0.484. The number of nitrogens with one attached hydrogen (secondary N) is 2. The first-order valence-electron chi connectivity index (χ1n) is 11.9. The van der Waals surface area contributed by atoms with Crippen LogP contribution in [-0.2, 0) is 13.0 Å². The lowest BCUT2D eigenvalue weighted by Gasteiger charge is -2.20. The largest absolute Gasteiger partial charge is 0.387 e. The molecule has 3 aromatic rings. The van der Waals surface area contributed by atoms with E-state index in [1.54, 1.807) is 4.90 Å². The van der Waals surface area contributed by atoms with Crippen molar-refractivity contribution >= 4 is 5.91 Å². The first kappa shape index (κ1) is 21.9. The summed E-state index contributed by atoms with van der Waals surface area (Å²) in [4.78, 5) is 14.6. The van der Waals surface area contributed by atoms with Crippen LogP contribution in [0.3, 0.4) is 0 Å². The molecule has 0 bridgehead atoms. The molecular weight excluding hydrogens is 412 g/mol. The highest BCUT2D eigenvalue weighted by atomic mass is 16.3. The second-order valence-corrected chi connectivity index (χ2v) is 9.56. The van der Waals surface area contributed by atoms with Gasteiger partial charge in [0.2, 0.25) is 0 Å². The van der Waals surface area contributed by atoms with Crippen LogP contribution in [0, 0.1) is 0 Å². The van der Waals surface area contributed by atoms with Crippen molar-refractivity contribution in [1.29, 1.82) is 0 Å². The molecule has 1 unspecified atom stereocenters. The first-order valence-corrected chi connectivity index (χ1v) is 11.9. The number of amides is 1. The third kappa shape index (κ3) is 5.18. The molecule has 1 saturated carbocycles. The lowest BCUT2D eigenvalue weighted by atomic mass is 10.0. The topological polar surface area (TPSA) is 81.2 Å². The van der Waals surface area contributed by atoms with Crippen LogP contribution in [0.5, 0.6) is 0 Å². The highest BCUT2D eigenvalue weighted by Gasteiger charge is 2.30. The zero-order valence-corrected chi connectivity index (χ0v) is 19.1. The van der Waals surface area contributed by atoms with Crippen LogP contribution in [-0.4, -0.2) is 45.2 Å². The molecule has 1 aliphatic carbocycles. The molecule has 1 amide bonds. The minimum Gasteiger partial charge on any atom is -0.387 e. The lowest BCUT2D eigenvalue weighted by molar-refractivity contribution is 0.0783. The van der Waals surface area contributed by atoms with E-state index in [0.29, 0.717) is 24.1 Å². The number of hydrogen-bond donors (Lipinski definition) is 3. The van der Waals surface area contributed by atoms with Crippen molar-refractivity contribution in [1.82, 2.24) is 20.4 Å². The summed E-state index contributed by atoms with van der Waals surface area (Å²) in [6.45, 7) is 0.525. The SMILES string of the molecule is CN(Cc1cc(C2CC2)n[nH]1)C(=O)c1ccc(C[C@@H]2CC[C@H](C(O)c3ccccc3)N2)cc1. The van der Waals surface area contributed by atoms with E-state index < -0.39 is 6.10 Å². The first-order chi connectivity index (χ1) is 16.1. The minimum absolute atomic E-state index is 0.00848. The second kappa shape index (κ2) is 9.49. The highest BCUT2D eigenvalue weighted by Crippen LogP contribution is 2.39. The summed E-state index contributed by atoms with van der Waals surface area (Å²) in [7, 11) is 1.83. The van der Waals surface area contributed by atoms with Crippen LogP contribution in [0.2, 0.25) is 0 Å². The van der Waals surface area contributed by atoms with Gasteiger partial charge in [0.25, 0.3) is 5.91 Å². The number of benzene rings is 2. The summed E-state index contributed by atoms with van der Waals surface area (Å²) in [5.74, 6) is 0.615. The number of aliphatic hydroxyl groups excluding tert-OH is 1. The Morgan fingerprint density at radius 2 is 1.85 bits per heavy atom. The molecule has 1 aliphatic heterocycles. The number of carbonyl (C=O) groups is 1. The maximum atomic E-state index is 12.9. The molecule has 3 atom stereocenters. The average Bonchev–Trinajstić information content (AvgIpc) is 3.42. The monoisotopic (exact) mass is 444 g/mol. The molecule has 0 spiro atoms. The number of aliphatic hydroxyl groups is 1. The van der Waals surface area contributed by atoms with Gasteiger partial charge in [-0.05, 0) is 61.4 Å². The Kier molecular flexibility index (Phi) is 6.29. The van der Waals surface area contributed by atoms with E-state index in [1.165, 1.54) is 18.4 Å². The van der Waals surface area contributed by atoms with E-state index in [0.717, 1.165) is 36.2 Å². The Bertz CT molecular complexity index is 1080. The summed E-state index contributed by atoms with van der Waals surface area (Å²) in [5, 5.41) is 21.7. The van der Waals surface area contributed by atoms with Gasteiger partial charge in [-0.3, -0.25) is 9.89 Å². The Balaban J connectivity index is 1.13. The molecule has 0 radical (unpaired) electrons. The van der Waals surface area contributed by atoms with Gasteiger partial charge in [-0.15, -0.1) is 0 Å². The molecule has 1 saturated heterocycles. The number of nitrogens with zero attached hydrogens (tertiary/aromatic N) is 2. The zero-order valence-electron chi connectivity index (χ0n) is 19.1. The number of carbonyl (C=O) groups excluding carboxylic acids is 1. The van der Waals surface area contributed by atoms with E-state index in [1.807, 2.05) is 61.6 Å². The highest BCUT2D eigenvalue weighted by molar-refractivity contribution is 5.94. The summed E-state index contributed by atoms with van der Waals surface area (Å²) in [5.41, 5.74) is 4.95. The van der Waals surface area contributed by atoms with Crippen molar-refractivity contribution in [2.75, 3.05) is 7.05 Å². The number of rotatable bonds is 8. The van der Waals surface area contributed by atoms with Gasteiger partial charge in [-0.1, -0.05) is 42.5 Å². The maximum absolute atomic E-state index is 12.9. The van der Waals surface area contributed by atoms with E-state index in [4.69, 9.17) is 0 Å². The number of aromatic nitrogens is 2. The van der Waals surface area contributed by atoms with Crippen LogP contribution in [0.1, 0.15) is 70.6 Å². The molecule has 1 aromatic heterocycles. The fourth-order valence-electron chi connectivity index (χ4n) is 4.81. The van der Waals surface area contributed by atoms with Crippen molar-refractivity contribution in [3.05, 3.63) is 88.7 Å². The van der Waals surface area contributed by atoms with Crippen LogP contribution in [0.4, 0.5) is 0 Å². The van der Waals surface area contributed by atoms with Crippen molar-refractivity contribution in [2.24, 2.45) is 0 Å². The normalized spacial score (nSPS) is 21.2. The molecular formula is C27H32N4O2. The van der Waals surface area contributed by atoms with Crippen molar-refractivity contribution in [3.63, 3.8) is 0 Å². The van der Waals surface area contributed by atoms with Crippen LogP contribution >= 0.6 is 0 Å². The zero-order chi connectivity index (χ0) is 22.8. The molecule has 2 aliphatic rings. The van der Waals surface area contributed by atoms with Crippen molar-refractivity contribution in [2.45, 2.75) is 62.8 Å². The Hall–Kier alpha value is -2.96. The molecule has 33 heavy (non-hydrogen) atoms. The summed E-state index contributed by atoms with van der Waals surface area (Å²) in [6.07, 6.45) is 4.83. The Morgan fingerprint density at radius 3 is 2.58 bits per heavy atom. The van der Waals surface area contributed by atoms with Crippen LogP contribution in [0.25, 0.3) is 0 Å². The summed E-state index contributed by atoms with van der Waals surface area (Å²) >= 11 is 0. The van der Waals surface area contributed by atoms with Gasteiger partial charge in [0.05, 0.1) is 24.0 Å². The molecule has 2 heterocycles. The average molecular weight is 445 g/mol. The van der Waals surface area contributed by atoms with E-state index in [9.17, 15) is 9.90 Å². The predicted molar refractivity (Wildman–Crippen MR) is 128 cm³/mol. The van der Waals surface area contributed by atoms with Gasteiger partial charge in [-0.2, -0.15) is 5.10 Å². The fraction of sp³-hybridized carbons (Fsp3) is 0.407. The van der Waals surface area contributed by atoms with Gasteiger partial charge >= 0.3 is 0 Å². The molecule has 6 heteroatoms. The van der Waals surface area contributed by atoms with Crippen LogP contribution in [0.15, 0.2) is 60.7 Å². The summed E-state index contributed by atoms with van der Waals surface area (Å²) in [6, 6.07) is 20.3. The summed E-state index contributed by atoms with van der Waals surface area (Å²) < 4.78 is 0. The van der Waals surface area contributed by atoms with E-state index in [-0.39, 0.29) is 11.9 Å². The molecule has 2 fully saturated rings. The maximum Gasteiger partial charge on any atom is 0.253 e. The van der Waals surface area contributed by atoms with Gasteiger partial charge in [0, 0.05) is 30.6 Å². The lowest BCUT2D eigenvalue weighted by Crippen LogP contribution is -2.35. The number of H-pyrrole nitrogens is 1. The Morgan fingerprint density at radius 1 is 1.09 bits per heavy atom. The molecule has 2 aromatic carbocycles. The standard InChI is InChI=1S/C27H32N4O2/c1-31(17-23-16-25(30-29-23)19-11-12-19)27(33)21-9-7-18(8-10-21)15-22-13-14-24(28-22)26(32)20-5-3-2-4-6-20/h2-10,16,19,22,24,26,28,32H,11-15,17H2,1H3,(H,29,30)/t22-,24+,26?/m0/s1. The number of aromatic amines is 1. The van der Waals surface area contributed by atoms with Gasteiger partial charge in [0.1, 0.15) is 0 Å². The quantitative estimate of drug-likeness (QED) is 0.491. The van der Waals surface area contributed by atoms with Gasteiger partial charge < -0.3 is 15.3 Å². The second-order valence-electron chi connectivity index (χ2n) is 9.56. The van der Waals surface area contributed by atoms with E-state index >= 15 is 0 Å². The third-order valence-electron chi connectivity index (χ3n) is 6.88. The fourth-order valence-corrected chi connectivity index (χ4v) is 4.81. The molecule has 3 N–H and O–H groups in total. The van der Waals surface area contributed by atoms with Crippen molar-refractivity contribution in [3.8, 4) is 0 Å². The van der Waals surface area contributed by atoms with Gasteiger partial charge in [0.15, 0.2) is 0 Å². The van der Waals surface area contributed by atoms with Crippen LogP contribution < -0.4 is 5.32 Å². The van der Waals surface area contributed by atoms with Gasteiger partial charge in [-0.25, -0.2) is 0 Å². The molecule has 6 nitrogen and oxygen atoms in total. The molecule has 172 valence electrons. The third-order valence-corrected chi connectivity index (χ3v) is 6.88. The van der Waals surface area contributed by atoms with E-state index in [2.05, 4.69) is 21.6 Å². The molecule has 5 rings (SSSR count). The predicted octanol–water partition coefficient (Wildman–Crippen LogP) is 3.96. The van der Waals surface area contributed by atoms with Crippen molar-refractivity contribution < 1.29 is 9.90 Å². The smallest absolute Gasteiger partial charge is 0.253 e. The Labute approximate surface area is 195 Å². The number of hydrogen-bond acceptors (Lipinski definition) is 4.